The Bertz CT molecular complexity index is 299. The van der Waals surface area contributed by atoms with E-state index < -0.39 is 0 Å². The summed E-state index contributed by atoms with van der Waals surface area (Å²) in [5.74, 6) is 1.27. The van der Waals surface area contributed by atoms with Gasteiger partial charge in [0.15, 0.2) is 0 Å². The SMILES string of the molecule is CNCC(Cc1ccncc1Cl)C(C)C. The molecule has 1 atom stereocenters. The largest absolute Gasteiger partial charge is 0.319 e. The second-order valence-electron chi connectivity index (χ2n) is 4.23. The van der Waals surface area contributed by atoms with E-state index in [2.05, 4.69) is 24.1 Å². The number of rotatable bonds is 5. The van der Waals surface area contributed by atoms with Crippen LogP contribution in [0.2, 0.25) is 5.02 Å². The molecule has 0 spiro atoms. The van der Waals surface area contributed by atoms with Crippen LogP contribution in [-0.2, 0) is 6.42 Å². The van der Waals surface area contributed by atoms with Gasteiger partial charge in [-0.15, -0.1) is 0 Å². The van der Waals surface area contributed by atoms with Gasteiger partial charge in [0.25, 0.3) is 0 Å². The molecule has 0 aliphatic heterocycles. The first-order valence-electron chi connectivity index (χ1n) is 5.38. The van der Waals surface area contributed by atoms with Crippen molar-refractivity contribution in [3.8, 4) is 0 Å². The third-order valence-corrected chi connectivity index (χ3v) is 3.09. The minimum absolute atomic E-state index is 0.620. The number of nitrogens with one attached hydrogen (secondary N) is 1. The zero-order valence-electron chi connectivity index (χ0n) is 9.63. The molecule has 15 heavy (non-hydrogen) atoms. The fraction of sp³-hybridized carbons (Fsp3) is 0.583. The summed E-state index contributed by atoms with van der Waals surface area (Å²) in [7, 11) is 1.99. The van der Waals surface area contributed by atoms with Crippen LogP contribution in [0, 0.1) is 11.8 Å². The Morgan fingerprint density at radius 1 is 1.47 bits per heavy atom. The summed E-state index contributed by atoms with van der Waals surface area (Å²) < 4.78 is 0. The quantitative estimate of drug-likeness (QED) is 0.835. The van der Waals surface area contributed by atoms with E-state index in [1.807, 2.05) is 13.1 Å². The molecule has 0 saturated carbocycles. The van der Waals surface area contributed by atoms with Gasteiger partial charge in [0.2, 0.25) is 0 Å². The van der Waals surface area contributed by atoms with Crippen LogP contribution in [0.1, 0.15) is 19.4 Å². The Balaban J connectivity index is 2.69. The Labute approximate surface area is 97.1 Å². The lowest BCUT2D eigenvalue weighted by Crippen LogP contribution is -2.25. The van der Waals surface area contributed by atoms with Gasteiger partial charge < -0.3 is 5.32 Å². The van der Waals surface area contributed by atoms with Crippen LogP contribution in [0.4, 0.5) is 0 Å². The molecular formula is C12H19ClN2. The second-order valence-corrected chi connectivity index (χ2v) is 4.64. The van der Waals surface area contributed by atoms with Gasteiger partial charge in [-0.2, -0.15) is 0 Å². The molecule has 0 saturated heterocycles. The molecule has 1 rings (SSSR count). The molecule has 0 aromatic carbocycles. The first-order chi connectivity index (χ1) is 7.15. The molecule has 0 amide bonds. The minimum atomic E-state index is 0.620. The number of nitrogens with zero attached hydrogens (tertiary/aromatic N) is 1. The highest BCUT2D eigenvalue weighted by Gasteiger charge is 2.14. The van der Waals surface area contributed by atoms with Crippen LogP contribution < -0.4 is 5.32 Å². The van der Waals surface area contributed by atoms with E-state index in [0.717, 1.165) is 18.0 Å². The molecule has 1 unspecified atom stereocenters. The van der Waals surface area contributed by atoms with Gasteiger partial charge in [0, 0.05) is 12.4 Å². The number of hydrogen-bond donors (Lipinski definition) is 1. The minimum Gasteiger partial charge on any atom is -0.319 e. The highest BCUT2D eigenvalue weighted by molar-refractivity contribution is 6.31. The van der Waals surface area contributed by atoms with Gasteiger partial charge in [-0.05, 0) is 43.5 Å². The van der Waals surface area contributed by atoms with E-state index in [9.17, 15) is 0 Å². The number of halogens is 1. The van der Waals surface area contributed by atoms with E-state index in [1.165, 1.54) is 5.56 Å². The molecule has 2 nitrogen and oxygen atoms in total. The molecule has 1 aromatic rings. The molecule has 3 heteroatoms. The maximum absolute atomic E-state index is 6.09. The third kappa shape index (κ3) is 3.80. The van der Waals surface area contributed by atoms with Gasteiger partial charge in [-0.3, -0.25) is 4.98 Å². The molecule has 0 bridgehead atoms. The van der Waals surface area contributed by atoms with Crippen molar-refractivity contribution in [2.75, 3.05) is 13.6 Å². The van der Waals surface area contributed by atoms with E-state index >= 15 is 0 Å². The summed E-state index contributed by atoms with van der Waals surface area (Å²) >= 11 is 6.09. The predicted molar refractivity (Wildman–Crippen MR) is 65.2 cm³/mol. The predicted octanol–water partition coefficient (Wildman–Crippen LogP) is 2.77. The van der Waals surface area contributed by atoms with Gasteiger partial charge in [-0.1, -0.05) is 25.4 Å². The van der Waals surface area contributed by atoms with Crippen LogP contribution in [0.15, 0.2) is 18.5 Å². The molecule has 84 valence electrons. The summed E-state index contributed by atoms with van der Waals surface area (Å²) in [6.07, 6.45) is 4.53. The summed E-state index contributed by atoms with van der Waals surface area (Å²) in [6.45, 7) is 5.52. The van der Waals surface area contributed by atoms with E-state index in [-0.39, 0.29) is 0 Å². The van der Waals surface area contributed by atoms with Crippen molar-refractivity contribution in [2.45, 2.75) is 20.3 Å². The Hall–Kier alpha value is -0.600. The highest BCUT2D eigenvalue weighted by atomic mass is 35.5. The number of pyridine rings is 1. The molecule has 0 aliphatic carbocycles. The van der Waals surface area contributed by atoms with Crippen molar-refractivity contribution in [1.29, 1.82) is 0 Å². The zero-order valence-corrected chi connectivity index (χ0v) is 10.4. The molecule has 1 aromatic heterocycles. The average Bonchev–Trinajstić information content (AvgIpc) is 2.20. The van der Waals surface area contributed by atoms with Crippen molar-refractivity contribution in [3.05, 3.63) is 29.0 Å². The Morgan fingerprint density at radius 3 is 2.73 bits per heavy atom. The third-order valence-electron chi connectivity index (χ3n) is 2.75. The Kier molecular flexibility index (Phi) is 5.06. The van der Waals surface area contributed by atoms with Crippen LogP contribution in [-0.4, -0.2) is 18.6 Å². The van der Waals surface area contributed by atoms with Gasteiger partial charge in [0.05, 0.1) is 5.02 Å². The van der Waals surface area contributed by atoms with Crippen LogP contribution in [0.5, 0.6) is 0 Å². The fourth-order valence-electron chi connectivity index (χ4n) is 1.66. The standard InChI is InChI=1S/C12H19ClN2/c1-9(2)11(7-14-3)6-10-4-5-15-8-12(10)13/h4-5,8-9,11,14H,6-7H2,1-3H3. The first kappa shape index (κ1) is 12.5. The fourth-order valence-corrected chi connectivity index (χ4v) is 1.85. The highest BCUT2D eigenvalue weighted by Crippen LogP contribution is 2.21. The van der Waals surface area contributed by atoms with Gasteiger partial charge in [0.1, 0.15) is 0 Å². The monoisotopic (exact) mass is 226 g/mol. The van der Waals surface area contributed by atoms with Crippen molar-refractivity contribution < 1.29 is 0 Å². The molecular weight excluding hydrogens is 208 g/mol. The average molecular weight is 227 g/mol. The lowest BCUT2D eigenvalue weighted by Gasteiger charge is -2.20. The van der Waals surface area contributed by atoms with Crippen molar-refractivity contribution in [1.82, 2.24) is 10.3 Å². The topological polar surface area (TPSA) is 24.9 Å². The van der Waals surface area contributed by atoms with Crippen LogP contribution in [0.25, 0.3) is 0 Å². The summed E-state index contributed by atoms with van der Waals surface area (Å²) in [5.41, 5.74) is 1.20. The maximum atomic E-state index is 6.09. The Morgan fingerprint density at radius 2 is 2.20 bits per heavy atom. The van der Waals surface area contributed by atoms with Crippen LogP contribution >= 0.6 is 11.6 Å². The maximum Gasteiger partial charge on any atom is 0.0621 e. The number of hydrogen-bond acceptors (Lipinski definition) is 2. The summed E-state index contributed by atoms with van der Waals surface area (Å²) in [4.78, 5) is 4.00. The van der Waals surface area contributed by atoms with E-state index in [1.54, 1.807) is 12.4 Å². The smallest absolute Gasteiger partial charge is 0.0621 e. The lowest BCUT2D eigenvalue weighted by molar-refractivity contribution is 0.370. The normalized spacial score (nSPS) is 13.1. The van der Waals surface area contributed by atoms with E-state index in [4.69, 9.17) is 11.6 Å². The van der Waals surface area contributed by atoms with Gasteiger partial charge >= 0.3 is 0 Å². The molecule has 0 aliphatic rings. The van der Waals surface area contributed by atoms with Crippen molar-refractivity contribution >= 4 is 11.6 Å². The number of aromatic nitrogens is 1. The zero-order chi connectivity index (χ0) is 11.3. The van der Waals surface area contributed by atoms with E-state index in [0.29, 0.717) is 11.8 Å². The molecule has 0 radical (unpaired) electrons. The molecule has 1 heterocycles. The summed E-state index contributed by atoms with van der Waals surface area (Å²) in [6, 6.07) is 2.01. The lowest BCUT2D eigenvalue weighted by atomic mass is 9.89. The molecule has 1 N–H and O–H groups in total. The van der Waals surface area contributed by atoms with Crippen LogP contribution in [0.3, 0.4) is 0 Å². The van der Waals surface area contributed by atoms with Crippen molar-refractivity contribution in [2.24, 2.45) is 11.8 Å². The van der Waals surface area contributed by atoms with Gasteiger partial charge in [-0.25, -0.2) is 0 Å². The first-order valence-corrected chi connectivity index (χ1v) is 5.76. The molecule has 0 fully saturated rings. The second kappa shape index (κ2) is 6.09. The summed E-state index contributed by atoms with van der Waals surface area (Å²) in [5, 5.41) is 4.01. The van der Waals surface area contributed by atoms with Crippen molar-refractivity contribution in [3.63, 3.8) is 0 Å².